The number of anilines is 2. The maximum atomic E-state index is 12.3. The highest BCUT2D eigenvalue weighted by molar-refractivity contribution is 5.94. The molecule has 0 aliphatic carbocycles. The van der Waals surface area contributed by atoms with E-state index in [4.69, 9.17) is 4.74 Å². The second-order valence-corrected chi connectivity index (χ2v) is 7.85. The van der Waals surface area contributed by atoms with Crippen LogP contribution in [0.1, 0.15) is 70.9 Å². The number of hydrogen-bond donors (Lipinski definition) is 2. The molecule has 1 amide bonds. The number of hydrogen-bond acceptors (Lipinski definition) is 6. The van der Waals surface area contributed by atoms with Crippen LogP contribution < -0.4 is 15.4 Å². The number of aryl methyl sites for hydroxylation is 1. The Hall–Kier alpha value is -1.89. The first-order valence-electron chi connectivity index (χ1n) is 10.7. The molecular weight excluding hydrogens is 354 g/mol. The fraction of sp³-hybridized carbons (Fsp3) is 0.762. The van der Waals surface area contributed by atoms with Crippen LogP contribution in [0.25, 0.3) is 0 Å². The molecule has 0 atom stereocenters. The molecule has 2 heterocycles. The summed E-state index contributed by atoms with van der Waals surface area (Å²) in [4.78, 5) is 23.6. The Labute approximate surface area is 169 Å². The van der Waals surface area contributed by atoms with Crippen LogP contribution >= 0.6 is 0 Å². The minimum absolute atomic E-state index is 0.000500. The van der Waals surface area contributed by atoms with Crippen LogP contribution in [0.3, 0.4) is 0 Å². The molecule has 7 nitrogen and oxygen atoms in total. The second kappa shape index (κ2) is 11.8. The number of carbonyl (C=O) groups is 1. The average molecular weight is 392 g/mol. The zero-order chi connectivity index (χ0) is 20.4. The van der Waals surface area contributed by atoms with E-state index >= 15 is 0 Å². The smallest absolute Gasteiger partial charge is 0.318 e. The van der Waals surface area contributed by atoms with Crippen LogP contribution in [-0.4, -0.2) is 53.6 Å². The maximum Gasteiger partial charge on any atom is 0.318 e. The average Bonchev–Trinajstić information content (AvgIpc) is 2.66. The molecule has 0 spiro atoms. The van der Waals surface area contributed by atoms with Gasteiger partial charge >= 0.3 is 6.01 Å². The molecule has 0 bridgehead atoms. The van der Waals surface area contributed by atoms with Gasteiger partial charge in [-0.25, -0.2) is 0 Å². The molecule has 1 aromatic rings. The van der Waals surface area contributed by atoms with Gasteiger partial charge in [0.05, 0.1) is 11.8 Å². The quantitative estimate of drug-likeness (QED) is 0.555. The highest BCUT2D eigenvalue weighted by atomic mass is 16.5. The zero-order valence-corrected chi connectivity index (χ0v) is 18.0. The molecule has 1 aliphatic rings. The molecule has 1 aliphatic heterocycles. The van der Waals surface area contributed by atoms with E-state index < -0.39 is 0 Å². The van der Waals surface area contributed by atoms with Gasteiger partial charge in [-0.05, 0) is 66.1 Å². The molecule has 28 heavy (non-hydrogen) atoms. The molecule has 0 saturated carbocycles. The predicted octanol–water partition coefficient (Wildman–Crippen LogP) is 3.99. The van der Waals surface area contributed by atoms with Crippen molar-refractivity contribution in [1.82, 2.24) is 14.9 Å². The Morgan fingerprint density at radius 2 is 1.82 bits per heavy atom. The van der Waals surface area contributed by atoms with Gasteiger partial charge in [0.15, 0.2) is 5.82 Å². The first-order valence-corrected chi connectivity index (χ1v) is 10.7. The number of rotatable bonds is 11. The molecule has 0 aromatic carbocycles. The first-order chi connectivity index (χ1) is 13.5. The van der Waals surface area contributed by atoms with E-state index in [1.807, 2.05) is 20.8 Å². The molecular formula is C21H37N5O2. The van der Waals surface area contributed by atoms with Gasteiger partial charge in [0.1, 0.15) is 5.69 Å². The number of nitrogens with one attached hydrogen (secondary N) is 2. The summed E-state index contributed by atoms with van der Waals surface area (Å²) in [5.74, 6) is 0.592. The normalized spacial score (nSPS) is 14.9. The van der Waals surface area contributed by atoms with Gasteiger partial charge in [-0.15, -0.1) is 0 Å². The van der Waals surface area contributed by atoms with Gasteiger partial charge in [-0.3, -0.25) is 4.79 Å². The standard InChI is InChI=1S/C21H37N5O2/c1-16(2)28-21-23-17(3)19(20(22-4)25-21)24-18(27)12-8-5-6-9-13-26-14-10-7-11-15-26/h16H,5-15H2,1-4H3,(H,24,27)(H,22,23,25). The third kappa shape index (κ3) is 7.62. The zero-order valence-electron chi connectivity index (χ0n) is 18.0. The fourth-order valence-corrected chi connectivity index (χ4v) is 3.50. The van der Waals surface area contributed by atoms with Crippen molar-refractivity contribution in [3.8, 4) is 6.01 Å². The summed E-state index contributed by atoms with van der Waals surface area (Å²) < 4.78 is 5.57. The Balaban J connectivity index is 1.71. The van der Waals surface area contributed by atoms with E-state index in [1.165, 1.54) is 51.7 Å². The van der Waals surface area contributed by atoms with Gasteiger partial charge < -0.3 is 20.3 Å². The monoisotopic (exact) mass is 391 g/mol. The lowest BCUT2D eigenvalue weighted by Crippen LogP contribution is -2.30. The van der Waals surface area contributed by atoms with E-state index in [0.29, 0.717) is 29.6 Å². The number of likely N-dealkylation sites (tertiary alicyclic amines) is 1. The van der Waals surface area contributed by atoms with Crippen molar-refractivity contribution in [1.29, 1.82) is 0 Å². The lowest BCUT2D eigenvalue weighted by molar-refractivity contribution is -0.116. The van der Waals surface area contributed by atoms with Gasteiger partial charge in [0, 0.05) is 13.5 Å². The van der Waals surface area contributed by atoms with Gasteiger partial charge in [0.25, 0.3) is 0 Å². The molecule has 1 fully saturated rings. The molecule has 0 radical (unpaired) electrons. The molecule has 158 valence electrons. The molecule has 1 saturated heterocycles. The largest absolute Gasteiger partial charge is 0.461 e. The molecule has 0 unspecified atom stereocenters. The Morgan fingerprint density at radius 1 is 1.11 bits per heavy atom. The van der Waals surface area contributed by atoms with Crippen molar-refractivity contribution in [2.45, 2.75) is 78.2 Å². The van der Waals surface area contributed by atoms with Crippen LogP contribution in [-0.2, 0) is 4.79 Å². The third-order valence-corrected chi connectivity index (χ3v) is 4.99. The van der Waals surface area contributed by atoms with Gasteiger partial charge in [0.2, 0.25) is 5.91 Å². The Kier molecular flexibility index (Phi) is 9.47. The van der Waals surface area contributed by atoms with Crippen molar-refractivity contribution in [3.05, 3.63) is 5.69 Å². The summed E-state index contributed by atoms with van der Waals surface area (Å²) in [6.45, 7) is 9.45. The molecule has 1 aromatic heterocycles. The van der Waals surface area contributed by atoms with Crippen molar-refractivity contribution in [2.24, 2.45) is 0 Å². The predicted molar refractivity (Wildman–Crippen MR) is 114 cm³/mol. The van der Waals surface area contributed by atoms with E-state index in [2.05, 4.69) is 25.5 Å². The van der Waals surface area contributed by atoms with Crippen LogP contribution in [0.2, 0.25) is 0 Å². The van der Waals surface area contributed by atoms with E-state index in [-0.39, 0.29) is 12.0 Å². The van der Waals surface area contributed by atoms with Crippen LogP contribution in [0.4, 0.5) is 11.5 Å². The lowest BCUT2D eigenvalue weighted by Gasteiger charge is -2.26. The van der Waals surface area contributed by atoms with Crippen molar-refractivity contribution in [2.75, 3.05) is 37.3 Å². The number of aromatic nitrogens is 2. The number of nitrogens with zero attached hydrogens (tertiary/aromatic N) is 3. The highest BCUT2D eigenvalue weighted by Crippen LogP contribution is 2.25. The number of amides is 1. The van der Waals surface area contributed by atoms with Crippen molar-refractivity contribution in [3.63, 3.8) is 0 Å². The second-order valence-electron chi connectivity index (χ2n) is 7.85. The van der Waals surface area contributed by atoms with E-state index in [0.717, 1.165) is 12.8 Å². The Morgan fingerprint density at radius 3 is 2.50 bits per heavy atom. The topological polar surface area (TPSA) is 79.4 Å². The molecule has 7 heteroatoms. The number of ether oxygens (including phenoxy) is 1. The molecule has 2 N–H and O–H groups in total. The Bertz CT molecular complexity index is 615. The summed E-state index contributed by atoms with van der Waals surface area (Å²) >= 11 is 0. The first kappa shape index (κ1) is 22.4. The summed E-state index contributed by atoms with van der Waals surface area (Å²) in [6.07, 6.45) is 9.04. The summed E-state index contributed by atoms with van der Waals surface area (Å²) in [7, 11) is 1.78. The minimum Gasteiger partial charge on any atom is -0.461 e. The van der Waals surface area contributed by atoms with Gasteiger partial charge in [-0.2, -0.15) is 9.97 Å². The van der Waals surface area contributed by atoms with Gasteiger partial charge in [-0.1, -0.05) is 19.3 Å². The van der Waals surface area contributed by atoms with E-state index in [1.54, 1.807) is 7.05 Å². The molecule has 2 rings (SSSR count). The van der Waals surface area contributed by atoms with E-state index in [9.17, 15) is 4.79 Å². The SMILES string of the molecule is CNc1nc(OC(C)C)nc(C)c1NC(=O)CCCCCCN1CCCCC1. The fourth-order valence-electron chi connectivity index (χ4n) is 3.50. The van der Waals surface area contributed by atoms with Crippen molar-refractivity contribution >= 4 is 17.4 Å². The summed E-state index contributed by atoms with van der Waals surface area (Å²) in [5.41, 5.74) is 1.33. The summed E-state index contributed by atoms with van der Waals surface area (Å²) in [6, 6.07) is 0.323. The number of piperidine rings is 1. The lowest BCUT2D eigenvalue weighted by atomic mass is 10.1. The highest BCUT2D eigenvalue weighted by Gasteiger charge is 2.15. The third-order valence-electron chi connectivity index (χ3n) is 4.99. The van der Waals surface area contributed by atoms with Crippen LogP contribution in [0.15, 0.2) is 0 Å². The van der Waals surface area contributed by atoms with Crippen LogP contribution in [0, 0.1) is 6.92 Å². The minimum atomic E-state index is -0.000500. The van der Waals surface area contributed by atoms with Crippen LogP contribution in [0.5, 0.6) is 6.01 Å². The van der Waals surface area contributed by atoms with Crippen molar-refractivity contribution < 1.29 is 9.53 Å². The number of carbonyl (C=O) groups excluding carboxylic acids is 1. The maximum absolute atomic E-state index is 12.3. The number of unbranched alkanes of at least 4 members (excludes halogenated alkanes) is 3. The summed E-state index contributed by atoms with van der Waals surface area (Å²) in [5, 5.41) is 5.98.